The lowest BCUT2D eigenvalue weighted by Gasteiger charge is -2.19. The second-order valence-corrected chi connectivity index (χ2v) is 6.26. The Morgan fingerprint density at radius 1 is 1.09 bits per heavy atom. The summed E-state index contributed by atoms with van der Waals surface area (Å²) in [6, 6.07) is 17.5. The van der Waals surface area contributed by atoms with Gasteiger partial charge in [0.2, 0.25) is 0 Å². The average Bonchev–Trinajstić information content (AvgIpc) is 3.22. The van der Waals surface area contributed by atoms with Crippen LogP contribution in [0.5, 0.6) is 0 Å². The van der Waals surface area contributed by atoms with Gasteiger partial charge in [0.05, 0.1) is 11.7 Å². The molecule has 0 saturated carbocycles. The molecule has 1 unspecified atom stereocenters. The van der Waals surface area contributed by atoms with E-state index in [0.29, 0.717) is 6.04 Å². The Hall–Kier alpha value is -1.98. The molecule has 0 amide bonds. The van der Waals surface area contributed by atoms with Crippen LogP contribution in [0.4, 0.5) is 5.69 Å². The molecule has 1 fully saturated rings. The lowest BCUT2D eigenvalue weighted by molar-refractivity contribution is 0.551. The zero-order valence-corrected chi connectivity index (χ0v) is 13.1. The number of rotatable bonds is 4. The zero-order valence-electron chi connectivity index (χ0n) is 12.3. The van der Waals surface area contributed by atoms with Gasteiger partial charge in [-0.3, -0.25) is 0 Å². The van der Waals surface area contributed by atoms with Gasteiger partial charge in [-0.1, -0.05) is 24.3 Å². The number of hydrogen-bond donors (Lipinski definition) is 1. The molecule has 0 bridgehead atoms. The van der Waals surface area contributed by atoms with Crippen LogP contribution in [0.15, 0.2) is 48.5 Å². The molecule has 2 aromatic carbocycles. The number of hydrogen-bond acceptors (Lipinski definition) is 5. The van der Waals surface area contributed by atoms with Crippen molar-refractivity contribution in [3.63, 3.8) is 0 Å². The van der Waals surface area contributed by atoms with Crippen LogP contribution in [0.3, 0.4) is 0 Å². The highest BCUT2D eigenvalue weighted by Crippen LogP contribution is 2.20. The fourth-order valence-corrected chi connectivity index (χ4v) is 3.52. The van der Waals surface area contributed by atoms with E-state index in [-0.39, 0.29) is 0 Å². The Morgan fingerprint density at radius 3 is 2.86 bits per heavy atom. The van der Waals surface area contributed by atoms with Crippen molar-refractivity contribution in [2.45, 2.75) is 19.0 Å². The summed E-state index contributed by atoms with van der Waals surface area (Å²) in [7, 11) is 0. The molecule has 0 aliphatic carbocycles. The molecule has 1 saturated heterocycles. The molecule has 1 N–H and O–H groups in total. The number of nitrogens with zero attached hydrogens (tertiary/aromatic N) is 3. The number of anilines is 1. The third-order valence-corrected chi connectivity index (χ3v) is 4.78. The van der Waals surface area contributed by atoms with Crippen molar-refractivity contribution in [3.05, 3.63) is 54.1 Å². The Morgan fingerprint density at radius 2 is 1.95 bits per heavy atom. The summed E-state index contributed by atoms with van der Waals surface area (Å²) in [5, 5.41) is 3.67. The van der Waals surface area contributed by atoms with Gasteiger partial charge in [0, 0.05) is 31.4 Å². The zero-order chi connectivity index (χ0) is 14.8. The van der Waals surface area contributed by atoms with Crippen molar-refractivity contribution < 1.29 is 0 Å². The van der Waals surface area contributed by atoms with Gasteiger partial charge in [0.25, 0.3) is 0 Å². The summed E-state index contributed by atoms with van der Waals surface area (Å²) in [6.07, 6.45) is 1.19. The molecule has 1 aliphatic heterocycles. The first-order valence-corrected chi connectivity index (χ1v) is 8.36. The predicted octanol–water partition coefficient (Wildman–Crippen LogP) is 3.06. The van der Waals surface area contributed by atoms with E-state index in [9.17, 15) is 0 Å². The van der Waals surface area contributed by atoms with Crippen LogP contribution in [-0.4, -0.2) is 27.9 Å². The topological polar surface area (TPSA) is 41.0 Å². The summed E-state index contributed by atoms with van der Waals surface area (Å²) >= 11 is 1.28. The summed E-state index contributed by atoms with van der Waals surface area (Å²) in [4.78, 5) is 2.45. The second-order valence-electron chi connectivity index (χ2n) is 5.74. The number of nitrogens with one attached hydrogen (secondary N) is 1. The van der Waals surface area contributed by atoms with E-state index >= 15 is 0 Å². The minimum absolute atomic E-state index is 0.546. The molecule has 112 valence electrons. The van der Waals surface area contributed by atoms with Gasteiger partial charge in [-0.2, -0.15) is 8.75 Å². The largest absolute Gasteiger partial charge is 0.370 e. The van der Waals surface area contributed by atoms with E-state index in [0.717, 1.165) is 30.7 Å². The fraction of sp³-hybridized carbons (Fsp3) is 0.294. The van der Waals surface area contributed by atoms with Gasteiger partial charge in [-0.25, -0.2) is 0 Å². The van der Waals surface area contributed by atoms with Gasteiger partial charge in [-0.05, 0) is 36.2 Å². The Labute approximate surface area is 134 Å². The van der Waals surface area contributed by atoms with Crippen LogP contribution < -0.4 is 10.2 Å². The SMILES string of the molecule is c1ccc(N2CCC(NCc3ccc4nsnc4c3)C2)cc1. The van der Waals surface area contributed by atoms with E-state index < -0.39 is 0 Å². The van der Waals surface area contributed by atoms with Crippen molar-refractivity contribution in [2.24, 2.45) is 0 Å². The Balaban J connectivity index is 1.36. The summed E-state index contributed by atoms with van der Waals surface area (Å²) in [5.74, 6) is 0. The summed E-state index contributed by atoms with van der Waals surface area (Å²) in [6.45, 7) is 3.09. The van der Waals surface area contributed by atoms with Crippen molar-refractivity contribution >= 4 is 28.4 Å². The first-order chi connectivity index (χ1) is 10.9. The molecule has 3 aromatic rings. The van der Waals surface area contributed by atoms with Gasteiger partial charge >= 0.3 is 0 Å². The molecule has 5 heteroatoms. The van der Waals surface area contributed by atoms with Crippen molar-refractivity contribution in [2.75, 3.05) is 18.0 Å². The maximum Gasteiger partial charge on any atom is 0.105 e. The normalized spacial score (nSPS) is 18.2. The van der Waals surface area contributed by atoms with E-state index in [2.05, 4.69) is 67.5 Å². The highest BCUT2D eigenvalue weighted by Gasteiger charge is 2.21. The van der Waals surface area contributed by atoms with Gasteiger partial charge in [0.1, 0.15) is 11.0 Å². The van der Waals surface area contributed by atoms with Crippen molar-refractivity contribution in [1.82, 2.24) is 14.1 Å². The Kier molecular flexibility index (Phi) is 3.74. The molecule has 4 nitrogen and oxygen atoms in total. The standard InChI is InChI=1S/C17H18N4S/c1-2-4-15(5-3-1)21-9-8-14(12-21)18-11-13-6-7-16-17(10-13)20-22-19-16/h1-7,10,14,18H,8-9,11-12H2. The molecule has 4 rings (SSSR count). The van der Waals surface area contributed by atoms with E-state index in [1.54, 1.807) is 0 Å². The van der Waals surface area contributed by atoms with Crippen molar-refractivity contribution in [3.8, 4) is 0 Å². The molecule has 2 heterocycles. The molecule has 22 heavy (non-hydrogen) atoms. The minimum Gasteiger partial charge on any atom is -0.370 e. The first kappa shape index (κ1) is 13.7. The van der Waals surface area contributed by atoms with E-state index in [1.165, 1.54) is 29.4 Å². The number of fused-ring (bicyclic) bond motifs is 1. The molecule has 1 atom stereocenters. The maximum atomic E-state index is 4.31. The Bertz CT molecular complexity index is 755. The van der Waals surface area contributed by atoms with Gasteiger partial charge in [-0.15, -0.1) is 0 Å². The molecular formula is C17H18N4S. The lowest BCUT2D eigenvalue weighted by Crippen LogP contribution is -2.32. The third kappa shape index (κ3) is 2.82. The average molecular weight is 310 g/mol. The van der Waals surface area contributed by atoms with Crippen LogP contribution in [0.25, 0.3) is 11.0 Å². The third-order valence-electron chi connectivity index (χ3n) is 4.22. The second kappa shape index (κ2) is 6.02. The monoisotopic (exact) mass is 310 g/mol. The lowest BCUT2D eigenvalue weighted by atomic mass is 10.2. The van der Waals surface area contributed by atoms with Gasteiger partial charge in [0.15, 0.2) is 0 Å². The summed E-state index contributed by atoms with van der Waals surface area (Å²) in [5.41, 5.74) is 4.59. The van der Waals surface area contributed by atoms with Crippen LogP contribution in [0, 0.1) is 0 Å². The molecule has 0 radical (unpaired) electrons. The molecular weight excluding hydrogens is 292 g/mol. The first-order valence-electron chi connectivity index (χ1n) is 7.63. The molecule has 1 aliphatic rings. The van der Waals surface area contributed by atoms with Crippen molar-refractivity contribution in [1.29, 1.82) is 0 Å². The van der Waals surface area contributed by atoms with Crippen LogP contribution in [0.1, 0.15) is 12.0 Å². The summed E-state index contributed by atoms with van der Waals surface area (Å²) < 4.78 is 8.55. The quantitative estimate of drug-likeness (QED) is 0.804. The highest BCUT2D eigenvalue weighted by atomic mass is 32.1. The number of para-hydroxylation sites is 1. The highest BCUT2D eigenvalue weighted by molar-refractivity contribution is 7.00. The van der Waals surface area contributed by atoms with E-state index in [4.69, 9.17) is 0 Å². The van der Waals surface area contributed by atoms with Gasteiger partial charge < -0.3 is 10.2 Å². The molecule has 1 aromatic heterocycles. The van der Waals surface area contributed by atoms with Crippen LogP contribution >= 0.6 is 11.7 Å². The number of aromatic nitrogens is 2. The minimum atomic E-state index is 0.546. The fourth-order valence-electron chi connectivity index (χ4n) is 3.00. The number of benzene rings is 2. The van der Waals surface area contributed by atoms with E-state index in [1.807, 2.05) is 0 Å². The predicted molar refractivity (Wildman–Crippen MR) is 91.3 cm³/mol. The maximum absolute atomic E-state index is 4.31. The van der Waals surface area contributed by atoms with Crippen LogP contribution in [-0.2, 0) is 6.54 Å². The van der Waals surface area contributed by atoms with Crippen LogP contribution in [0.2, 0.25) is 0 Å². The molecule has 0 spiro atoms. The smallest absolute Gasteiger partial charge is 0.105 e.